The summed E-state index contributed by atoms with van der Waals surface area (Å²) >= 11 is 0. The molecule has 0 aromatic heterocycles. The smallest absolute Gasteiger partial charge is 0.137 e. The Morgan fingerprint density at radius 1 is 1.16 bits per heavy atom. The molecule has 3 saturated carbocycles. The average Bonchev–Trinajstić information content (AvgIpc) is 2.79. The Labute approximate surface area is 116 Å². The highest BCUT2D eigenvalue weighted by atomic mass is 16.1. The molecule has 4 aliphatic carbocycles. The van der Waals surface area contributed by atoms with Crippen molar-refractivity contribution in [1.82, 2.24) is 0 Å². The average molecular weight is 258 g/mol. The van der Waals surface area contributed by atoms with E-state index in [1.807, 2.05) is 0 Å². The van der Waals surface area contributed by atoms with Crippen LogP contribution in [-0.2, 0) is 4.79 Å². The van der Waals surface area contributed by atoms with Crippen LogP contribution in [-0.4, -0.2) is 5.78 Å². The molecule has 0 saturated heterocycles. The van der Waals surface area contributed by atoms with Gasteiger partial charge in [0.2, 0.25) is 0 Å². The molecule has 0 aromatic rings. The van der Waals surface area contributed by atoms with E-state index in [1.165, 1.54) is 44.9 Å². The number of hydrogen-bond donors (Lipinski definition) is 0. The highest BCUT2D eigenvalue weighted by Crippen LogP contribution is 2.61. The van der Waals surface area contributed by atoms with E-state index < -0.39 is 0 Å². The molecule has 0 amide bonds. The highest BCUT2D eigenvalue weighted by Gasteiger charge is 2.51. The van der Waals surface area contributed by atoms with Crippen LogP contribution in [0.4, 0.5) is 0 Å². The predicted molar refractivity (Wildman–Crippen MR) is 76.7 cm³/mol. The van der Waals surface area contributed by atoms with Gasteiger partial charge in [-0.1, -0.05) is 25.0 Å². The van der Waals surface area contributed by atoms with Crippen LogP contribution in [0.1, 0.15) is 64.7 Å². The lowest BCUT2D eigenvalue weighted by atomic mass is 9.53. The SMILES string of the molecule is C[C@@]12CCC[C@H]1[C@@H]1CCC3CC(=O)CC=C3[C@H]1CC2. The summed E-state index contributed by atoms with van der Waals surface area (Å²) in [4.78, 5) is 11.7. The maximum atomic E-state index is 11.7. The Hall–Kier alpha value is -0.590. The van der Waals surface area contributed by atoms with Gasteiger partial charge in [0, 0.05) is 12.8 Å². The molecule has 3 fully saturated rings. The number of carbonyl (C=O) groups is 1. The first-order valence-corrected chi connectivity index (χ1v) is 8.39. The second-order valence-corrected chi connectivity index (χ2v) is 7.89. The maximum absolute atomic E-state index is 11.7. The minimum atomic E-state index is 0.480. The summed E-state index contributed by atoms with van der Waals surface area (Å²) < 4.78 is 0. The van der Waals surface area contributed by atoms with Crippen molar-refractivity contribution < 1.29 is 4.79 Å². The maximum Gasteiger partial charge on any atom is 0.137 e. The topological polar surface area (TPSA) is 17.1 Å². The lowest BCUT2D eigenvalue weighted by molar-refractivity contribution is -0.119. The van der Waals surface area contributed by atoms with Crippen molar-refractivity contribution in [2.24, 2.45) is 29.1 Å². The fourth-order valence-electron chi connectivity index (χ4n) is 6.09. The van der Waals surface area contributed by atoms with Crippen LogP contribution in [0.5, 0.6) is 0 Å². The molecule has 1 heteroatoms. The molecule has 1 nitrogen and oxygen atoms in total. The van der Waals surface area contributed by atoms with Gasteiger partial charge in [-0.3, -0.25) is 4.79 Å². The van der Waals surface area contributed by atoms with Crippen molar-refractivity contribution in [3.63, 3.8) is 0 Å². The molecule has 0 N–H and O–H groups in total. The third-order valence-electron chi connectivity index (χ3n) is 7.01. The lowest BCUT2D eigenvalue weighted by Crippen LogP contribution is -2.43. The first-order valence-electron chi connectivity index (χ1n) is 8.39. The molecule has 0 aliphatic heterocycles. The molecular weight excluding hydrogens is 232 g/mol. The Kier molecular flexibility index (Phi) is 2.69. The third kappa shape index (κ3) is 1.76. The van der Waals surface area contributed by atoms with Crippen LogP contribution in [0.2, 0.25) is 0 Å². The zero-order chi connectivity index (χ0) is 13.0. The van der Waals surface area contributed by atoms with Gasteiger partial charge in [-0.2, -0.15) is 0 Å². The quantitative estimate of drug-likeness (QED) is 0.584. The van der Waals surface area contributed by atoms with Crippen molar-refractivity contribution in [3.05, 3.63) is 11.6 Å². The van der Waals surface area contributed by atoms with Crippen molar-refractivity contribution in [1.29, 1.82) is 0 Å². The normalized spacial score (nSPS) is 49.1. The number of carbonyl (C=O) groups excluding carboxylic acids is 1. The molecular formula is C18H26O. The van der Waals surface area contributed by atoms with E-state index in [-0.39, 0.29) is 0 Å². The Morgan fingerprint density at radius 3 is 2.95 bits per heavy atom. The van der Waals surface area contributed by atoms with Crippen molar-refractivity contribution in [3.8, 4) is 0 Å². The van der Waals surface area contributed by atoms with E-state index in [2.05, 4.69) is 13.0 Å². The zero-order valence-electron chi connectivity index (χ0n) is 12.2. The van der Waals surface area contributed by atoms with Gasteiger partial charge in [0.25, 0.3) is 0 Å². The summed E-state index contributed by atoms with van der Waals surface area (Å²) in [6, 6.07) is 0. The first-order chi connectivity index (χ1) is 9.17. The van der Waals surface area contributed by atoms with Gasteiger partial charge in [-0.25, -0.2) is 0 Å². The fourth-order valence-corrected chi connectivity index (χ4v) is 6.09. The summed E-state index contributed by atoms with van der Waals surface area (Å²) in [5.41, 5.74) is 2.38. The highest BCUT2D eigenvalue weighted by molar-refractivity contribution is 5.82. The van der Waals surface area contributed by atoms with E-state index in [0.717, 1.165) is 30.6 Å². The lowest BCUT2D eigenvalue weighted by Gasteiger charge is -2.52. The number of ketones is 1. The van der Waals surface area contributed by atoms with Gasteiger partial charge in [-0.15, -0.1) is 0 Å². The molecule has 4 aliphatic rings. The van der Waals surface area contributed by atoms with E-state index in [0.29, 0.717) is 17.1 Å². The first kappa shape index (κ1) is 12.2. The number of allylic oxidation sites excluding steroid dienone is 2. The predicted octanol–water partition coefficient (Wildman–Crippen LogP) is 4.52. The van der Waals surface area contributed by atoms with Crippen molar-refractivity contribution >= 4 is 5.78 Å². The Bertz CT molecular complexity index is 435. The number of rotatable bonds is 0. The van der Waals surface area contributed by atoms with Crippen LogP contribution in [0.3, 0.4) is 0 Å². The number of hydrogen-bond acceptors (Lipinski definition) is 1. The summed E-state index contributed by atoms with van der Waals surface area (Å²) in [6.45, 7) is 2.56. The largest absolute Gasteiger partial charge is 0.299 e. The molecule has 0 heterocycles. The standard InChI is InChI=1S/C18H26O/c1-18-9-2-3-17(18)16-6-4-12-11-13(19)5-7-14(12)15(16)8-10-18/h7,12,15-17H,2-6,8-11H2,1H3/t12?,15-,16-,17+,18+/m1/s1. The number of fused-ring (bicyclic) bond motifs is 5. The van der Waals surface area contributed by atoms with E-state index >= 15 is 0 Å². The zero-order valence-corrected chi connectivity index (χ0v) is 12.2. The summed E-state index contributed by atoms with van der Waals surface area (Å²) in [7, 11) is 0. The minimum Gasteiger partial charge on any atom is -0.299 e. The van der Waals surface area contributed by atoms with E-state index in [9.17, 15) is 4.79 Å². The van der Waals surface area contributed by atoms with Crippen LogP contribution in [0, 0.1) is 29.1 Å². The van der Waals surface area contributed by atoms with E-state index in [1.54, 1.807) is 5.57 Å². The molecule has 104 valence electrons. The van der Waals surface area contributed by atoms with Crippen LogP contribution in [0.25, 0.3) is 0 Å². The van der Waals surface area contributed by atoms with Gasteiger partial charge in [0.1, 0.15) is 5.78 Å². The van der Waals surface area contributed by atoms with Gasteiger partial charge < -0.3 is 0 Å². The summed E-state index contributed by atoms with van der Waals surface area (Å²) in [5.74, 6) is 3.91. The monoisotopic (exact) mass is 258 g/mol. The van der Waals surface area contributed by atoms with Gasteiger partial charge in [0.05, 0.1) is 0 Å². The minimum absolute atomic E-state index is 0.480. The second-order valence-electron chi connectivity index (χ2n) is 7.89. The second kappa shape index (κ2) is 4.20. The fraction of sp³-hybridized carbons (Fsp3) is 0.833. The molecule has 19 heavy (non-hydrogen) atoms. The van der Waals surface area contributed by atoms with Crippen molar-refractivity contribution in [2.75, 3.05) is 0 Å². The van der Waals surface area contributed by atoms with Crippen LogP contribution < -0.4 is 0 Å². The summed E-state index contributed by atoms with van der Waals surface area (Å²) in [5, 5.41) is 0. The molecule has 0 radical (unpaired) electrons. The van der Waals surface area contributed by atoms with Crippen molar-refractivity contribution in [2.45, 2.75) is 64.7 Å². The Morgan fingerprint density at radius 2 is 2.05 bits per heavy atom. The van der Waals surface area contributed by atoms with Gasteiger partial charge in [0.15, 0.2) is 0 Å². The van der Waals surface area contributed by atoms with Crippen LogP contribution in [0.15, 0.2) is 11.6 Å². The van der Waals surface area contributed by atoms with Gasteiger partial charge >= 0.3 is 0 Å². The van der Waals surface area contributed by atoms with Crippen LogP contribution >= 0.6 is 0 Å². The molecule has 1 unspecified atom stereocenters. The number of Topliss-reactive ketones (excluding diaryl/α,β-unsaturated/α-hetero) is 1. The van der Waals surface area contributed by atoms with E-state index in [4.69, 9.17) is 0 Å². The van der Waals surface area contributed by atoms with Gasteiger partial charge in [-0.05, 0) is 67.6 Å². The molecule has 4 rings (SSSR count). The molecule has 0 bridgehead atoms. The third-order valence-corrected chi connectivity index (χ3v) is 7.01. The molecule has 0 spiro atoms. The Balaban J connectivity index is 1.64. The molecule has 5 atom stereocenters. The molecule has 0 aromatic carbocycles. The summed E-state index contributed by atoms with van der Waals surface area (Å²) in [6.07, 6.45) is 13.9.